The summed E-state index contributed by atoms with van der Waals surface area (Å²) in [5.41, 5.74) is -0.146. The van der Waals surface area contributed by atoms with Crippen molar-refractivity contribution in [3.63, 3.8) is 0 Å². The Bertz CT molecular complexity index is 574. The van der Waals surface area contributed by atoms with E-state index in [2.05, 4.69) is 16.0 Å². The Morgan fingerprint density at radius 1 is 1.38 bits per heavy atom. The van der Waals surface area contributed by atoms with Gasteiger partial charge in [0.15, 0.2) is 0 Å². The summed E-state index contributed by atoms with van der Waals surface area (Å²) in [5.74, 6) is -1.28. The van der Waals surface area contributed by atoms with E-state index in [0.29, 0.717) is 12.8 Å². The second-order valence-electron chi connectivity index (χ2n) is 6.46. The molecule has 1 aliphatic heterocycles. The molecule has 0 aliphatic carbocycles. The van der Waals surface area contributed by atoms with Crippen LogP contribution in [0.1, 0.15) is 27.2 Å². The highest BCUT2D eigenvalue weighted by Crippen LogP contribution is 2.17. The largest absolute Gasteiger partial charge is 0.377 e. The van der Waals surface area contributed by atoms with Crippen molar-refractivity contribution < 1.29 is 18.8 Å². The molecule has 1 atom stereocenters. The van der Waals surface area contributed by atoms with Crippen molar-refractivity contribution >= 4 is 18.1 Å². The minimum Gasteiger partial charge on any atom is -0.377 e. The monoisotopic (exact) mass is 337 g/mol. The normalized spacial score (nSPS) is 22.0. The van der Waals surface area contributed by atoms with Gasteiger partial charge in [0.2, 0.25) is 5.91 Å². The number of carbonyl (C=O) groups is 3. The van der Waals surface area contributed by atoms with Gasteiger partial charge in [0.25, 0.3) is 5.91 Å². The van der Waals surface area contributed by atoms with Gasteiger partial charge in [0.05, 0.1) is 18.3 Å². The summed E-state index contributed by atoms with van der Waals surface area (Å²) in [5, 5.41) is 7.90. The predicted molar refractivity (Wildman–Crippen MR) is 89.5 cm³/mol. The van der Waals surface area contributed by atoms with Crippen LogP contribution in [-0.4, -0.2) is 37.2 Å². The van der Waals surface area contributed by atoms with Crippen LogP contribution in [-0.2, 0) is 14.4 Å². The van der Waals surface area contributed by atoms with Gasteiger partial charge < -0.3 is 20.7 Å². The van der Waals surface area contributed by atoms with Crippen LogP contribution in [0.5, 0.6) is 0 Å². The van der Waals surface area contributed by atoms with Crippen molar-refractivity contribution in [3.05, 3.63) is 35.8 Å². The molecule has 0 spiro atoms. The number of hydrogen-bond donors (Lipinski definition) is 3. The minimum atomic E-state index is -0.637. The molecule has 0 unspecified atom stereocenters. The van der Waals surface area contributed by atoms with Gasteiger partial charge in [-0.2, -0.15) is 0 Å². The average molecular weight is 337 g/mol. The van der Waals surface area contributed by atoms with Gasteiger partial charge in [-0.15, -0.1) is 0 Å². The van der Waals surface area contributed by atoms with Gasteiger partial charge >= 0.3 is 0 Å². The summed E-state index contributed by atoms with van der Waals surface area (Å²) in [4.78, 5) is 35.0. The van der Waals surface area contributed by atoms with Gasteiger partial charge in [-0.25, -0.2) is 4.39 Å². The number of hydrogen-bond acceptors (Lipinski definition) is 4. The summed E-state index contributed by atoms with van der Waals surface area (Å²) in [6.45, 7) is 5.54. The number of carbonyl (C=O) groups excluding carboxylic acids is 3. The average Bonchev–Trinajstić information content (AvgIpc) is 2.61. The fourth-order valence-corrected chi connectivity index (χ4v) is 1.88. The molecule has 1 aliphatic rings. The number of nitrogens with one attached hydrogen (secondary N) is 3. The van der Waals surface area contributed by atoms with Gasteiger partial charge in [-0.05, 0) is 24.0 Å². The molecular formula is C17H24FN3O3. The highest BCUT2D eigenvalue weighted by atomic mass is 19.1. The zero-order valence-electron chi connectivity index (χ0n) is 14.2. The van der Waals surface area contributed by atoms with E-state index in [-0.39, 0.29) is 24.5 Å². The lowest BCUT2D eigenvalue weighted by molar-refractivity contribution is -0.127. The lowest BCUT2D eigenvalue weighted by Crippen LogP contribution is -2.48. The zero-order chi connectivity index (χ0) is 18.2. The van der Waals surface area contributed by atoms with Gasteiger partial charge in [-0.1, -0.05) is 32.9 Å². The first kappa shape index (κ1) is 19.6. The molecule has 0 saturated heterocycles. The maximum atomic E-state index is 13.2. The molecule has 0 aromatic rings. The highest BCUT2D eigenvalue weighted by Gasteiger charge is 2.25. The molecule has 0 aromatic heterocycles. The molecule has 0 fully saturated rings. The quantitative estimate of drug-likeness (QED) is 0.656. The third kappa shape index (κ3) is 6.76. The van der Waals surface area contributed by atoms with Crippen LogP contribution >= 0.6 is 0 Å². The number of rotatable bonds is 5. The van der Waals surface area contributed by atoms with Gasteiger partial charge in [-0.3, -0.25) is 9.59 Å². The van der Waals surface area contributed by atoms with Crippen LogP contribution in [0.25, 0.3) is 0 Å². The van der Waals surface area contributed by atoms with Crippen LogP contribution < -0.4 is 16.0 Å². The Labute approximate surface area is 141 Å². The van der Waals surface area contributed by atoms with Crippen LogP contribution in [0.2, 0.25) is 0 Å². The standard InChI is InChI=1S/C17H24FN3O3/c1-17(2,3)14(11-22)21-15(23)10-20-16(24)13-8-4-6-12(18)7-5-9-19-13/h5-8,11,14,19H,4,9-10H2,1-3H3,(H,20,24)(H,21,23)/b7-5-,12-6+,13-8-/t14-/m1/s1. The SMILES string of the molecule is CC(C)(C)[C@@H](C=O)NC(=O)CNC(=O)/C1=C/C/C=C(F)\C=C/CN1. The van der Waals surface area contributed by atoms with E-state index in [4.69, 9.17) is 0 Å². The first-order valence-electron chi connectivity index (χ1n) is 7.73. The summed E-state index contributed by atoms with van der Waals surface area (Å²) in [6.07, 6.45) is 6.71. The maximum Gasteiger partial charge on any atom is 0.267 e. The molecule has 7 heteroatoms. The molecule has 0 aromatic carbocycles. The Hall–Kier alpha value is -2.44. The molecule has 3 N–H and O–H groups in total. The van der Waals surface area contributed by atoms with Crippen molar-refractivity contribution in [1.29, 1.82) is 0 Å². The summed E-state index contributed by atoms with van der Waals surface area (Å²) < 4.78 is 13.2. The van der Waals surface area contributed by atoms with Crippen LogP contribution in [0.4, 0.5) is 4.39 Å². The Balaban J connectivity index is 2.55. The van der Waals surface area contributed by atoms with Crippen LogP contribution in [0.15, 0.2) is 35.8 Å². The van der Waals surface area contributed by atoms with Crippen LogP contribution in [0, 0.1) is 5.41 Å². The molecule has 1 heterocycles. The highest BCUT2D eigenvalue weighted by molar-refractivity contribution is 5.95. The van der Waals surface area contributed by atoms with Crippen molar-refractivity contribution in [1.82, 2.24) is 16.0 Å². The first-order chi connectivity index (χ1) is 11.2. The minimum absolute atomic E-state index is 0.252. The van der Waals surface area contributed by atoms with E-state index in [1.807, 2.05) is 20.8 Å². The predicted octanol–water partition coefficient (Wildman–Crippen LogP) is 1.12. The van der Waals surface area contributed by atoms with Gasteiger partial charge in [0, 0.05) is 6.54 Å². The van der Waals surface area contributed by atoms with E-state index >= 15 is 0 Å². The summed E-state index contributed by atoms with van der Waals surface area (Å²) in [7, 11) is 0. The summed E-state index contributed by atoms with van der Waals surface area (Å²) >= 11 is 0. The molecule has 2 amide bonds. The van der Waals surface area contributed by atoms with Gasteiger partial charge in [0.1, 0.15) is 12.1 Å². The number of aldehydes is 1. The Morgan fingerprint density at radius 3 is 2.71 bits per heavy atom. The van der Waals surface area contributed by atoms with E-state index in [0.717, 1.165) is 0 Å². The molecule has 0 saturated carbocycles. The smallest absolute Gasteiger partial charge is 0.267 e. The number of allylic oxidation sites excluding steroid dienone is 4. The second-order valence-corrected chi connectivity index (χ2v) is 6.46. The van der Waals surface area contributed by atoms with E-state index < -0.39 is 23.3 Å². The second kappa shape index (κ2) is 9.00. The molecule has 24 heavy (non-hydrogen) atoms. The van der Waals surface area contributed by atoms with E-state index in [9.17, 15) is 18.8 Å². The van der Waals surface area contributed by atoms with Crippen molar-refractivity contribution in [2.24, 2.45) is 5.41 Å². The third-order valence-corrected chi connectivity index (χ3v) is 3.36. The maximum absolute atomic E-state index is 13.2. The molecule has 0 radical (unpaired) electrons. The fourth-order valence-electron chi connectivity index (χ4n) is 1.88. The molecule has 1 rings (SSSR count). The molecule has 132 valence electrons. The molecular weight excluding hydrogens is 313 g/mol. The Morgan fingerprint density at radius 2 is 2.08 bits per heavy atom. The lowest BCUT2D eigenvalue weighted by atomic mass is 9.88. The van der Waals surface area contributed by atoms with Crippen molar-refractivity contribution in [3.8, 4) is 0 Å². The molecule has 0 bridgehead atoms. The number of amides is 2. The van der Waals surface area contributed by atoms with E-state index in [1.54, 1.807) is 12.2 Å². The van der Waals surface area contributed by atoms with E-state index in [1.165, 1.54) is 12.2 Å². The van der Waals surface area contributed by atoms with Crippen LogP contribution in [0.3, 0.4) is 0 Å². The first-order valence-corrected chi connectivity index (χ1v) is 7.73. The van der Waals surface area contributed by atoms with Crippen molar-refractivity contribution in [2.45, 2.75) is 33.2 Å². The zero-order valence-corrected chi connectivity index (χ0v) is 14.2. The Kier molecular flexibility index (Phi) is 7.35. The topological polar surface area (TPSA) is 87.3 Å². The number of halogens is 1. The fraction of sp³-hybridized carbons (Fsp3) is 0.471. The van der Waals surface area contributed by atoms with Crippen molar-refractivity contribution in [2.75, 3.05) is 13.1 Å². The summed E-state index contributed by atoms with van der Waals surface area (Å²) in [6, 6.07) is -0.637. The molecule has 6 nitrogen and oxygen atoms in total. The lowest BCUT2D eigenvalue weighted by Gasteiger charge is -2.26. The third-order valence-electron chi connectivity index (χ3n) is 3.36.